The molecule has 2 unspecified atom stereocenters. The smallest absolute Gasteiger partial charge is 0.338 e. The van der Waals surface area contributed by atoms with Crippen LogP contribution in [0.5, 0.6) is 11.5 Å². The first kappa shape index (κ1) is 29.5. The van der Waals surface area contributed by atoms with Crippen LogP contribution in [0.2, 0.25) is 0 Å². The third-order valence-electron chi connectivity index (χ3n) is 8.18. The summed E-state index contributed by atoms with van der Waals surface area (Å²) < 4.78 is 16.0. The molecule has 2 aromatic rings. The molecule has 0 radical (unpaired) electrons. The minimum absolute atomic E-state index is 0.0568. The average Bonchev–Trinajstić information content (AvgIpc) is 3.02. The van der Waals surface area contributed by atoms with Gasteiger partial charge in [-0.05, 0) is 62.2 Å². The number of hydrogen-bond donors (Lipinski definition) is 1. The van der Waals surface area contributed by atoms with Crippen molar-refractivity contribution in [3.63, 3.8) is 0 Å². The topological polar surface area (TPSA) is 113 Å². The van der Waals surface area contributed by atoms with E-state index in [-0.39, 0.29) is 36.2 Å². The van der Waals surface area contributed by atoms with Crippen molar-refractivity contribution in [3.05, 3.63) is 53.6 Å². The minimum atomic E-state index is -0.389. The minimum Gasteiger partial charge on any atom is -0.493 e. The highest BCUT2D eigenvalue weighted by molar-refractivity contribution is 6.07. The van der Waals surface area contributed by atoms with E-state index in [9.17, 15) is 14.4 Å². The molecule has 0 bridgehead atoms. The van der Waals surface area contributed by atoms with Crippen LogP contribution >= 0.6 is 0 Å². The number of piperazine rings is 1. The molecule has 0 spiro atoms. The maximum Gasteiger partial charge on any atom is 0.338 e. The fraction of sp³-hybridized carbons (Fsp3) is 0.484. The Bertz CT molecular complexity index is 1320. The number of carbonyl (C=O) groups is 3. The van der Waals surface area contributed by atoms with E-state index >= 15 is 0 Å². The Balaban J connectivity index is 1.23. The molecular formula is C31H39N5O6. The van der Waals surface area contributed by atoms with E-state index in [1.165, 1.54) is 0 Å². The van der Waals surface area contributed by atoms with Crippen LogP contribution in [0.4, 0.5) is 5.69 Å². The maximum absolute atomic E-state index is 13.7. The van der Waals surface area contributed by atoms with Gasteiger partial charge in [0, 0.05) is 49.3 Å². The predicted molar refractivity (Wildman–Crippen MR) is 157 cm³/mol. The number of hydrazone groups is 1. The molecule has 1 saturated carbocycles. The average molecular weight is 578 g/mol. The molecule has 1 N–H and O–H groups in total. The Morgan fingerprint density at radius 2 is 1.62 bits per heavy atom. The van der Waals surface area contributed by atoms with Gasteiger partial charge >= 0.3 is 5.97 Å². The summed E-state index contributed by atoms with van der Waals surface area (Å²) in [5.41, 5.74) is 2.91. The van der Waals surface area contributed by atoms with E-state index in [2.05, 4.69) is 10.2 Å². The molecule has 11 nitrogen and oxygen atoms in total. The van der Waals surface area contributed by atoms with Crippen LogP contribution in [0.3, 0.4) is 0 Å². The number of nitrogens with one attached hydrogen (secondary N) is 1. The van der Waals surface area contributed by atoms with Gasteiger partial charge in [0.1, 0.15) is 0 Å². The van der Waals surface area contributed by atoms with Gasteiger partial charge in [0.05, 0.1) is 38.6 Å². The molecule has 0 aromatic heterocycles. The number of methoxy groups -OCH3 is 2. The number of benzene rings is 2. The zero-order chi connectivity index (χ0) is 29.6. The summed E-state index contributed by atoms with van der Waals surface area (Å²) in [7, 11) is 3.23. The first-order valence-electron chi connectivity index (χ1n) is 14.6. The molecule has 2 aliphatic heterocycles. The van der Waals surface area contributed by atoms with Gasteiger partial charge in [-0.25, -0.2) is 4.79 Å². The van der Waals surface area contributed by atoms with Crippen molar-refractivity contribution < 1.29 is 28.6 Å². The molecule has 42 heavy (non-hydrogen) atoms. The van der Waals surface area contributed by atoms with Crippen molar-refractivity contribution in [2.75, 3.05) is 58.9 Å². The number of rotatable bonds is 9. The van der Waals surface area contributed by atoms with Gasteiger partial charge < -0.3 is 19.5 Å². The second-order valence-corrected chi connectivity index (χ2v) is 10.8. The molecular weight excluding hydrogens is 538 g/mol. The summed E-state index contributed by atoms with van der Waals surface area (Å²) in [5.74, 6) is 0.798. The SMILES string of the molecule is CCOC(=O)c1ccc(NC(=O)CN2CCN(N3N=C(c4ccc(OC)c(OC)c4)C4CCCCC4C3=O)CC2)cc1. The lowest BCUT2D eigenvalue weighted by atomic mass is 9.73. The summed E-state index contributed by atoms with van der Waals surface area (Å²) in [6, 6.07) is 12.5. The van der Waals surface area contributed by atoms with Crippen LogP contribution in [0.1, 0.15) is 48.5 Å². The summed E-state index contributed by atoms with van der Waals surface area (Å²) in [6.45, 7) is 4.69. The highest BCUT2D eigenvalue weighted by atomic mass is 16.5. The number of esters is 1. The highest BCUT2D eigenvalue weighted by Gasteiger charge is 2.43. The Morgan fingerprint density at radius 1 is 0.929 bits per heavy atom. The second-order valence-electron chi connectivity index (χ2n) is 10.8. The number of hydrogen-bond acceptors (Lipinski definition) is 9. The standard InChI is InChI=1S/C31H39N5O6/c1-4-42-31(39)21-9-12-23(13-10-21)32-28(37)20-34-15-17-35(18-16-34)36-30(38)25-8-6-5-7-24(25)29(33-36)22-11-14-26(40-2)27(19-22)41-3/h9-14,19,24-25H,4-8,15-18,20H2,1-3H3,(H,32,37). The summed E-state index contributed by atoms with van der Waals surface area (Å²) in [5, 5.41) is 11.4. The first-order valence-corrected chi connectivity index (χ1v) is 14.6. The van der Waals surface area contributed by atoms with E-state index < -0.39 is 0 Å². The highest BCUT2D eigenvalue weighted by Crippen LogP contribution is 2.39. The van der Waals surface area contributed by atoms with E-state index in [4.69, 9.17) is 19.3 Å². The van der Waals surface area contributed by atoms with Gasteiger partial charge in [-0.2, -0.15) is 15.2 Å². The number of anilines is 1. The van der Waals surface area contributed by atoms with Crippen molar-refractivity contribution in [1.82, 2.24) is 15.0 Å². The van der Waals surface area contributed by atoms with E-state index in [0.717, 1.165) is 37.0 Å². The summed E-state index contributed by atoms with van der Waals surface area (Å²) in [4.78, 5) is 40.3. The fourth-order valence-corrected chi connectivity index (χ4v) is 5.99. The van der Waals surface area contributed by atoms with Gasteiger partial charge in [0.25, 0.3) is 5.91 Å². The van der Waals surface area contributed by atoms with Crippen molar-refractivity contribution in [2.24, 2.45) is 16.9 Å². The number of fused-ring (bicyclic) bond motifs is 1. The molecule has 2 aromatic carbocycles. The number of ether oxygens (including phenoxy) is 3. The van der Waals surface area contributed by atoms with E-state index in [1.54, 1.807) is 50.5 Å². The molecule has 1 aliphatic carbocycles. The number of amides is 2. The van der Waals surface area contributed by atoms with Crippen molar-refractivity contribution in [1.29, 1.82) is 0 Å². The van der Waals surface area contributed by atoms with Crippen molar-refractivity contribution in [2.45, 2.75) is 32.6 Å². The Morgan fingerprint density at radius 3 is 2.29 bits per heavy atom. The van der Waals surface area contributed by atoms with Gasteiger partial charge in [-0.1, -0.05) is 12.8 Å². The van der Waals surface area contributed by atoms with Crippen LogP contribution in [-0.4, -0.2) is 92.1 Å². The molecule has 11 heteroatoms. The van der Waals surface area contributed by atoms with Crippen molar-refractivity contribution in [3.8, 4) is 11.5 Å². The molecule has 1 saturated heterocycles. The zero-order valence-corrected chi connectivity index (χ0v) is 24.5. The number of carbonyl (C=O) groups excluding carboxylic acids is 3. The van der Waals surface area contributed by atoms with Crippen LogP contribution in [0.25, 0.3) is 0 Å². The Hall–Kier alpha value is -3.96. The lowest BCUT2D eigenvalue weighted by Crippen LogP contribution is -2.58. The first-order chi connectivity index (χ1) is 20.4. The molecule has 5 rings (SSSR count). The van der Waals surface area contributed by atoms with Crippen LogP contribution in [-0.2, 0) is 14.3 Å². The number of nitrogens with zero attached hydrogens (tertiary/aromatic N) is 4. The third-order valence-corrected chi connectivity index (χ3v) is 8.18. The molecule has 2 fully saturated rings. The summed E-state index contributed by atoms with van der Waals surface area (Å²) >= 11 is 0. The zero-order valence-electron chi connectivity index (χ0n) is 24.5. The van der Waals surface area contributed by atoms with Gasteiger partial charge in [-0.3, -0.25) is 14.5 Å². The molecule has 2 heterocycles. The Kier molecular flexibility index (Phi) is 9.38. The molecule has 3 aliphatic rings. The van der Waals surface area contributed by atoms with E-state index in [1.807, 2.05) is 23.2 Å². The molecule has 224 valence electrons. The third kappa shape index (κ3) is 6.42. The molecule has 2 amide bonds. The Labute approximate surface area is 246 Å². The largest absolute Gasteiger partial charge is 0.493 e. The van der Waals surface area contributed by atoms with Crippen LogP contribution < -0.4 is 14.8 Å². The molecule has 2 atom stereocenters. The normalized spacial score (nSPS) is 21.3. The number of hydrazine groups is 1. The van der Waals surface area contributed by atoms with Crippen LogP contribution in [0, 0.1) is 11.8 Å². The monoisotopic (exact) mass is 577 g/mol. The van der Waals surface area contributed by atoms with Gasteiger partial charge in [0.15, 0.2) is 11.5 Å². The summed E-state index contributed by atoms with van der Waals surface area (Å²) in [6.07, 6.45) is 3.91. The van der Waals surface area contributed by atoms with Gasteiger partial charge in [-0.15, -0.1) is 0 Å². The predicted octanol–water partition coefficient (Wildman–Crippen LogP) is 3.40. The fourth-order valence-electron chi connectivity index (χ4n) is 5.99. The van der Waals surface area contributed by atoms with E-state index in [0.29, 0.717) is 55.5 Å². The lowest BCUT2D eigenvalue weighted by Gasteiger charge is -2.44. The second kappa shape index (κ2) is 13.3. The van der Waals surface area contributed by atoms with Crippen molar-refractivity contribution >= 4 is 29.2 Å². The van der Waals surface area contributed by atoms with Crippen LogP contribution in [0.15, 0.2) is 47.6 Å². The van der Waals surface area contributed by atoms with Gasteiger partial charge in [0.2, 0.25) is 5.91 Å². The lowest BCUT2D eigenvalue weighted by molar-refractivity contribution is -0.162. The maximum atomic E-state index is 13.7. The quantitative estimate of drug-likeness (QED) is 0.452.